The highest BCUT2D eigenvalue weighted by atomic mass is 14.2. The molecule has 0 rings (SSSR count). The molecule has 0 heterocycles. The van der Waals surface area contributed by atoms with Crippen molar-refractivity contribution in [3.05, 3.63) is 35.9 Å². The van der Waals surface area contributed by atoms with Crippen molar-refractivity contribution in [3.8, 4) is 0 Å². The van der Waals surface area contributed by atoms with Crippen molar-refractivity contribution in [2.45, 2.75) is 27.7 Å². The monoisotopic (exact) mass is 160 g/mol. The number of rotatable bonds is 2. The minimum atomic E-state index is 0.236. The summed E-state index contributed by atoms with van der Waals surface area (Å²) in [7, 11) is 5.38. The van der Waals surface area contributed by atoms with Gasteiger partial charge in [-0.25, -0.2) is 0 Å². The van der Waals surface area contributed by atoms with Crippen LogP contribution in [0.2, 0.25) is 0 Å². The lowest BCUT2D eigenvalue weighted by Crippen LogP contribution is -2.05. The van der Waals surface area contributed by atoms with Gasteiger partial charge < -0.3 is 0 Å². The van der Waals surface area contributed by atoms with E-state index in [1.54, 1.807) is 6.08 Å². The molecule has 0 aromatic carbocycles. The Kier molecular flexibility index (Phi) is 4.09. The van der Waals surface area contributed by atoms with Crippen molar-refractivity contribution < 1.29 is 0 Å². The molecule has 0 saturated carbocycles. The minimum Gasteiger partial charge on any atom is -0.106 e. The van der Waals surface area contributed by atoms with Gasteiger partial charge in [0.1, 0.15) is 7.85 Å². The second-order valence-electron chi connectivity index (χ2n) is 4.03. The lowest BCUT2D eigenvalue weighted by Gasteiger charge is -2.18. The first-order chi connectivity index (χ1) is 5.34. The Hall–Kier alpha value is -0.715. The van der Waals surface area contributed by atoms with Crippen molar-refractivity contribution in [3.63, 3.8) is 0 Å². The Morgan fingerprint density at radius 2 is 1.83 bits per heavy atom. The molecule has 0 aliphatic carbocycles. The Bertz CT molecular complexity index is 214. The summed E-state index contributed by atoms with van der Waals surface area (Å²) >= 11 is 0. The number of hydrogen-bond acceptors (Lipinski definition) is 0. The molecular formula is C11H17B. The minimum absolute atomic E-state index is 0.236. The summed E-state index contributed by atoms with van der Waals surface area (Å²) in [6, 6.07) is 0. The molecule has 1 heteroatoms. The molecule has 0 fully saturated rings. The molecule has 0 saturated heterocycles. The van der Waals surface area contributed by atoms with E-state index in [-0.39, 0.29) is 5.41 Å². The predicted molar refractivity (Wildman–Crippen MR) is 57.2 cm³/mol. The second kappa shape index (κ2) is 4.35. The molecule has 0 bridgehead atoms. The van der Waals surface area contributed by atoms with E-state index in [0.29, 0.717) is 5.47 Å². The molecule has 0 nitrogen and oxygen atoms in total. The Balaban J connectivity index is 4.29. The summed E-state index contributed by atoms with van der Waals surface area (Å²) in [6.45, 7) is 12.2. The average Bonchev–Trinajstić information content (AvgIpc) is 1.84. The van der Waals surface area contributed by atoms with Gasteiger partial charge in [-0.15, -0.1) is 12.1 Å². The van der Waals surface area contributed by atoms with E-state index in [1.165, 1.54) is 5.57 Å². The molecule has 0 N–H and O–H groups in total. The van der Waals surface area contributed by atoms with Crippen LogP contribution in [0, 0.1) is 5.41 Å². The van der Waals surface area contributed by atoms with Gasteiger partial charge in [0.2, 0.25) is 0 Å². The molecule has 0 spiro atoms. The first-order valence-electron chi connectivity index (χ1n) is 4.14. The van der Waals surface area contributed by atoms with E-state index in [1.807, 2.05) is 6.08 Å². The average molecular weight is 160 g/mol. The summed E-state index contributed by atoms with van der Waals surface area (Å²) in [4.78, 5) is 0. The van der Waals surface area contributed by atoms with E-state index < -0.39 is 0 Å². The smallest absolute Gasteiger partial charge is 0.106 e. The maximum atomic E-state index is 5.38. The van der Waals surface area contributed by atoms with Crippen LogP contribution in [0.25, 0.3) is 0 Å². The van der Waals surface area contributed by atoms with Gasteiger partial charge in [0, 0.05) is 0 Å². The summed E-state index contributed by atoms with van der Waals surface area (Å²) in [5.41, 5.74) is 2.16. The van der Waals surface area contributed by atoms with E-state index >= 15 is 0 Å². The summed E-state index contributed by atoms with van der Waals surface area (Å²) in [5.74, 6) is 0. The second-order valence-corrected chi connectivity index (χ2v) is 4.03. The first-order valence-corrected chi connectivity index (χ1v) is 4.14. The number of allylic oxidation sites excluding steroid dienone is 5. The van der Waals surface area contributed by atoms with Crippen LogP contribution in [0.15, 0.2) is 35.9 Å². The zero-order chi connectivity index (χ0) is 9.78. The topological polar surface area (TPSA) is 0 Å². The van der Waals surface area contributed by atoms with Crippen molar-refractivity contribution >= 4 is 7.85 Å². The highest BCUT2D eigenvalue weighted by Crippen LogP contribution is 2.23. The predicted octanol–water partition coefficient (Wildman–Crippen LogP) is 3.22. The normalized spacial score (nSPS) is 13.8. The van der Waals surface area contributed by atoms with Crippen LogP contribution in [-0.4, -0.2) is 7.85 Å². The van der Waals surface area contributed by atoms with E-state index in [9.17, 15) is 0 Å². The highest BCUT2D eigenvalue weighted by molar-refractivity contribution is 6.23. The Labute approximate surface area is 77.5 Å². The zero-order valence-electron chi connectivity index (χ0n) is 8.52. The highest BCUT2D eigenvalue weighted by Gasteiger charge is 2.10. The first kappa shape index (κ1) is 11.3. The molecule has 12 heavy (non-hydrogen) atoms. The molecule has 0 aromatic heterocycles. The van der Waals surface area contributed by atoms with E-state index in [0.717, 1.165) is 0 Å². The molecule has 0 amide bonds. The van der Waals surface area contributed by atoms with Gasteiger partial charge in [-0.3, -0.25) is 0 Å². The largest absolute Gasteiger partial charge is 0.112 e. The van der Waals surface area contributed by atoms with Gasteiger partial charge in [0.25, 0.3) is 0 Å². The van der Waals surface area contributed by atoms with Gasteiger partial charge in [-0.2, -0.15) is 0 Å². The van der Waals surface area contributed by atoms with Crippen LogP contribution < -0.4 is 0 Å². The van der Waals surface area contributed by atoms with Crippen LogP contribution >= 0.6 is 0 Å². The summed E-state index contributed by atoms with van der Waals surface area (Å²) in [6.07, 6.45) is 5.80. The fourth-order valence-corrected chi connectivity index (χ4v) is 0.566. The van der Waals surface area contributed by atoms with Gasteiger partial charge in [-0.1, -0.05) is 44.6 Å². The molecule has 0 aliphatic heterocycles. The standard InChI is InChI=1S/C11H17B/c1-9(11(3,4)5)7-6-8-10(2)12/h6-8H,2H2,1,3-5H3/b8-6-,9-7+. The number of hydrogen-bond donors (Lipinski definition) is 0. The fraction of sp³-hybridized carbons (Fsp3) is 0.455. The third kappa shape index (κ3) is 5.00. The molecule has 64 valence electrons. The lowest BCUT2D eigenvalue weighted by molar-refractivity contribution is 0.504. The quantitative estimate of drug-likeness (QED) is 0.429. The van der Waals surface area contributed by atoms with Gasteiger partial charge >= 0.3 is 0 Å². The van der Waals surface area contributed by atoms with Gasteiger partial charge in [-0.05, 0) is 12.3 Å². The summed E-state index contributed by atoms with van der Waals surface area (Å²) in [5, 5.41) is 0. The van der Waals surface area contributed by atoms with Gasteiger partial charge in [0.05, 0.1) is 0 Å². The van der Waals surface area contributed by atoms with Crippen molar-refractivity contribution in [1.29, 1.82) is 0 Å². The van der Waals surface area contributed by atoms with Crippen molar-refractivity contribution in [1.82, 2.24) is 0 Å². The van der Waals surface area contributed by atoms with Crippen LogP contribution in [0.5, 0.6) is 0 Å². The lowest BCUT2D eigenvalue weighted by atomic mass is 9.87. The molecular weight excluding hydrogens is 143 g/mol. The van der Waals surface area contributed by atoms with E-state index in [4.69, 9.17) is 7.85 Å². The molecule has 2 radical (unpaired) electrons. The maximum absolute atomic E-state index is 5.38. The van der Waals surface area contributed by atoms with Gasteiger partial charge in [0.15, 0.2) is 0 Å². The zero-order valence-corrected chi connectivity index (χ0v) is 8.52. The van der Waals surface area contributed by atoms with Crippen LogP contribution in [-0.2, 0) is 0 Å². The fourth-order valence-electron chi connectivity index (χ4n) is 0.566. The van der Waals surface area contributed by atoms with Crippen molar-refractivity contribution in [2.24, 2.45) is 5.41 Å². The Morgan fingerprint density at radius 1 is 1.33 bits per heavy atom. The third-order valence-corrected chi connectivity index (χ3v) is 1.84. The Morgan fingerprint density at radius 3 is 2.17 bits per heavy atom. The SMILES string of the molecule is [B]C(=C)/C=C\C=C(/C)C(C)(C)C. The molecule has 0 aliphatic rings. The van der Waals surface area contributed by atoms with Crippen LogP contribution in [0.4, 0.5) is 0 Å². The third-order valence-electron chi connectivity index (χ3n) is 1.84. The van der Waals surface area contributed by atoms with Crippen LogP contribution in [0.1, 0.15) is 27.7 Å². The van der Waals surface area contributed by atoms with E-state index in [2.05, 4.69) is 40.3 Å². The molecule has 0 atom stereocenters. The van der Waals surface area contributed by atoms with Crippen LogP contribution in [0.3, 0.4) is 0 Å². The molecule has 0 unspecified atom stereocenters. The summed E-state index contributed by atoms with van der Waals surface area (Å²) < 4.78 is 0. The van der Waals surface area contributed by atoms with Crippen molar-refractivity contribution in [2.75, 3.05) is 0 Å². The maximum Gasteiger partial charge on any atom is 0.112 e. The molecule has 0 aromatic rings.